The first-order valence-electron chi connectivity index (χ1n) is 6.22. The molecule has 0 saturated carbocycles. The molecule has 112 valence electrons. The predicted molar refractivity (Wildman–Crippen MR) is 80.4 cm³/mol. The number of carbonyl (C=O) groups excluding carboxylic acids is 2. The van der Waals surface area contributed by atoms with Gasteiger partial charge in [0.1, 0.15) is 17.2 Å². The summed E-state index contributed by atoms with van der Waals surface area (Å²) in [5.41, 5.74) is 0. The monoisotopic (exact) mass is 329 g/mol. The number of esters is 1. The van der Waals surface area contributed by atoms with E-state index in [-0.39, 0.29) is 28.9 Å². The molecule has 2 aromatic rings. The number of fused-ring (bicyclic) bond motifs is 1. The van der Waals surface area contributed by atoms with Gasteiger partial charge in [0.15, 0.2) is 0 Å². The van der Waals surface area contributed by atoms with Crippen LogP contribution < -0.4 is 0 Å². The Labute approximate surface area is 130 Å². The number of nitrogens with zero attached hydrogens (tertiary/aromatic N) is 1. The third kappa shape index (κ3) is 3.33. The first-order valence-corrected chi connectivity index (χ1v) is 7.42. The van der Waals surface area contributed by atoms with Crippen molar-refractivity contribution in [2.45, 2.75) is 6.92 Å². The van der Waals surface area contributed by atoms with Gasteiger partial charge in [-0.25, -0.2) is 4.39 Å². The lowest BCUT2D eigenvalue weighted by atomic mass is 10.2. The van der Waals surface area contributed by atoms with Crippen LogP contribution in [0, 0.1) is 5.82 Å². The lowest BCUT2D eigenvalue weighted by Crippen LogP contribution is -2.32. The van der Waals surface area contributed by atoms with E-state index < -0.39 is 11.9 Å². The Hall–Kier alpha value is -1.66. The number of benzene rings is 1. The molecule has 7 heteroatoms. The van der Waals surface area contributed by atoms with E-state index in [1.165, 1.54) is 30.1 Å². The van der Waals surface area contributed by atoms with E-state index in [0.29, 0.717) is 10.1 Å². The van der Waals surface area contributed by atoms with E-state index >= 15 is 0 Å². The highest BCUT2D eigenvalue weighted by molar-refractivity contribution is 7.21. The highest BCUT2D eigenvalue weighted by Crippen LogP contribution is 2.36. The SMILES string of the molecule is CCOC(=O)CN(C)C(=O)c1sc2cc(F)ccc2c1Cl. The van der Waals surface area contributed by atoms with Gasteiger partial charge in [-0.2, -0.15) is 0 Å². The topological polar surface area (TPSA) is 46.6 Å². The molecule has 0 atom stereocenters. The molecule has 1 aromatic carbocycles. The number of halogens is 2. The van der Waals surface area contributed by atoms with Crippen molar-refractivity contribution < 1.29 is 18.7 Å². The molecule has 0 aliphatic heterocycles. The maximum absolute atomic E-state index is 13.2. The van der Waals surface area contributed by atoms with E-state index in [1.54, 1.807) is 6.92 Å². The van der Waals surface area contributed by atoms with E-state index in [0.717, 1.165) is 11.3 Å². The Balaban J connectivity index is 2.26. The highest BCUT2D eigenvalue weighted by Gasteiger charge is 2.22. The van der Waals surface area contributed by atoms with Gasteiger partial charge in [0.25, 0.3) is 5.91 Å². The normalized spacial score (nSPS) is 10.7. The van der Waals surface area contributed by atoms with Crippen molar-refractivity contribution >= 4 is 44.9 Å². The van der Waals surface area contributed by atoms with Crippen LogP contribution in [0.1, 0.15) is 16.6 Å². The Morgan fingerprint density at radius 3 is 2.81 bits per heavy atom. The van der Waals surface area contributed by atoms with Crippen LogP contribution in [0.2, 0.25) is 5.02 Å². The zero-order valence-corrected chi connectivity index (χ0v) is 13.1. The summed E-state index contributed by atoms with van der Waals surface area (Å²) in [6, 6.07) is 4.15. The minimum atomic E-state index is -0.489. The number of carbonyl (C=O) groups is 2. The van der Waals surface area contributed by atoms with Crippen LogP contribution in [0.15, 0.2) is 18.2 Å². The molecule has 21 heavy (non-hydrogen) atoms. The van der Waals surface area contributed by atoms with Gasteiger partial charge in [0.2, 0.25) is 0 Å². The number of likely N-dealkylation sites (N-methyl/N-ethyl adjacent to an activating group) is 1. The number of amides is 1. The summed E-state index contributed by atoms with van der Waals surface area (Å²) in [4.78, 5) is 25.2. The molecule has 4 nitrogen and oxygen atoms in total. The summed E-state index contributed by atoms with van der Waals surface area (Å²) in [5.74, 6) is -1.27. The van der Waals surface area contributed by atoms with Crippen LogP contribution in [-0.4, -0.2) is 37.0 Å². The molecular formula is C14H13ClFNO3S. The number of thiophene rings is 1. The lowest BCUT2D eigenvalue weighted by molar-refractivity contribution is -0.143. The molecule has 0 bridgehead atoms. The first-order chi connectivity index (χ1) is 9.93. The fourth-order valence-corrected chi connectivity index (χ4v) is 3.35. The number of hydrogen-bond donors (Lipinski definition) is 0. The van der Waals surface area contributed by atoms with Gasteiger partial charge < -0.3 is 9.64 Å². The predicted octanol–water partition coefficient (Wildman–Crippen LogP) is 3.33. The second-order valence-corrected chi connectivity index (χ2v) is 5.78. The maximum atomic E-state index is 13.2. The Bertz CT molecular complexity index is 701. The average Bonchev–Trinajstić information content (AvgIpc) is 2.74. The summed E-state index contributed by atoms with van der Waals surface area (Å²) in [6.45, 7) is 1.78. The molecule has 1 heterocycles. The van der Waals surface area contributed by atoms with Crippen LogP contribution in [0.3, 0.4) is 0 Å². The largest absolute Gasteiger partial charge is 0.465 e. The minimum absolute atomic E-state index is 0.161. The highest BCUT2D eigenvalue weighted by atomic mass is 35.5. The van der Waals surface area contributed by atoms with Gasteiger partial charge in [-0.15, -0.1) is 11.3 Å². The molecule has 2 rings (SSSR count). The number of ether oxygens (including phenoxy) is 1. The van der Waals surface area contributed by atoms with Crippen molar-refractivity contribution in [2.75, 3.05) is 20.2 Å². The fourth-order valence-electron chi connectivity index (χ4n) is 1.82. The minimum Gasteiger partial charge on any atom is -0.465 e. The summed E-state index contributed by atoms with van der Waals surface area (Å²) >= 11 is 7.27. The summed E-state index contributed by atoms with van der Waals surface area (Å²) in [6.07, 6.45) is 0. The molecule has 0 unspecified atom stereocenters. The molecule has 0 N–H and O–H groups in total. The molecular weight excluding hydrogens is 317 g/mol. The van der Waals surface area contributed by atoms with E-state index in [9.17, 15) is 14.0 Å². The van der Waals surface area contributed by atoms with Crippen LogP contribution >= 0.6 is 22.9 Å². The number of rotatable bonds is 4. The van der Waals surface area contributed by atoms with E-state index in [4.69, 9.17) is 16.3 Å². The molecule has 0 aliphatic rings. The van der Waals surface area contributed by atoms with Crippen molar-refractivity contribution in [3.63, 3.8) is 0 Å². The summed E-state index contributed by atoms with van der Waals surface area (Å²) < 4.78 is 18.6. The van der Waals surface area contributed by atoms with Crippen molar-refractivity contribution in [1.82, 2.24) is 4.90 Å². The molecule has 1 amide bonds. The number of hydrogen-bond acceptors (Lipinski definition) is 4. The van der Waals surface area contributed by atoms with Gasteiger partial charge >= 0.3 is 5.97 Å². The van der Waals surface area contributed by atoms with Gasteiger partial charge in [-0.05, 0) is 25.1 Å². The molecule has 0 saturated heterocycles. The van der Waals surface area contributed by atoms with Crippen LogP contribution in [0.25, 0.3) is 10.1 Å². The first kappa shape index (κ1) is 15.7. The Kier molecular flexibility index (Phi) is 4.80. The zero-order chi connectivity index (χ0) is 15.6. The van der Waals surface area contributed by atoms with Crippen molar-refractivity contribution in [1.29, 1.82) is 0 Å². The quantitative estimate of drug-likeness (QED) is 0.808. The Morgan fingerprint density at radius 2 is 2.14 bits per heavy atom. The fraction of sp³-hybridized carbons (Fsp3) is 0.286. The third-order valence-electron chi connectivity index (χ3n) is 2.80. The molecule has 0 fully saturated rings. The molecule has 1 aromatic heterocycles. The van der Waals surface area contributed by atoms with Crippen LogP contribution in [0.4, 0.5) is 4.39 Å². The molecule has 0 spiro atoms. The van der Waals surface area contributed by atoms with Crippen molar-refractivity contribution in [3.05, 3.63) is 33.9 Å². The summed E-state index contributed by atoms with van der Waals surface area (Å²) in [7, 11) is 1.49. The smallest absolute Gasteiger partial charge is 0.325 e. The third-order valence-corrected chi connectivity index (χ3v) is 4.45. The van der Waals surface area contributed by atoms with Gasteiger partial charge in [0.05, 0.1) is 11.6 Å². The van der Waals surface area contributed by atoms with E-state index in [2.05, 4.69) is 0 Å². The van der Waals surface area contributed by atoms with Crippen molar-refractivity contribution in [2.24, 2.45) is 0 Å². The zero-order valence-electron chi connectivity index (χ0n) is 11.5. The second kappa shape index (κ2) is 6.41. The van der Waals surface area contributed by atoms with Crippen LogP contribution in [-0.2, 0) is 9.53 Å². The second-order valence-electron chi connectivity index (χ2n) is 4.35. The average molecular weight is 330 g/mol. The van der Waals surface area contributed by atoms with Crippen LogP contribution in [0.5, 0.6) is 0 Å². The van der Waals surface area contributed by atoms with Crippen molar-refractivity contribution in [3.8, 4) is 0 Å². The maximum Gasteiger partial charge on any atom is 0.325 e. The van der Waals surface area contributed by atoms with Gasteiger partial charge in [0, 0.05) is 17.1 Å². The van der Waals surface area contributed by atoms with E-state index in [1.807, 2.05) is 0 Å². The standard InChI is InChI=1S/C14H13ClFNO3S/c1-3-20-11(18)7-17(2)14(19)13-12(15)9-5-4-8(16)6-10(9)21-13/h4-6H,3,7H2,1-2H3. The van der Waals surface area contributed by atoms with Gasteiger partial charge in [-0.1, -0.05) is 11.6 Å². The van der Waals surface area contributed by atoms with Gasteiger partial charge in [-0.3, -0.25) is 9.59 Å². The summed E-state index contributed by atoms with van der Waals surface area (Å²) in [5, 5.41) is 0.895. The molecule has 0 aliphatic carbocycles. The molecule has 0 radical (unpaired) electrons. The Morgan fingerprint density at radius 1 is 1.43 bits per heavy atom. The lowest BCUT2D eigenvalue weighted by Gasteiger charge is -2.15.